The van der Waals surface area contributed by atoms with E-state index in [1.165, 1.54) is 5.57 Å². The van der Waals surface area contributed by atoms with Crippen LogP contribution in [0.15, 0.2) is 17.4 Å². The smallest absolute Gasteiger partial charge is 0.192 e. The maximum Gasteiger partial charge on any atom is 0.192 e. The molecule has 0 aromatic heterocycles. The van der Waals surface area contributed by atoms with Crippen molar-refractivity contribution in [3.8, 4) is 0 Å². The van der Waals surface area contributed by atoms with E-state index in [9.17, 15) is 0 Å². The molecule has 106 valence electrons. The Morgan fingerprint density at radius 2 is 1.72 bits per heavy atom. The van der Waals surface area contributed by atoms with Crippen LogP contribution in [0.4, 0.5) is 0 Å². The summed E-state index contributed by atoms with van der Waals surface area (Å²) < 4.78 is 6.34. The van der Waals surface area contributed by atoms with Crippen LogP contribution in [0.25, 0.3) is 0 Å². The fraction of sp³-hybridized carbons (Fsp3) is 0.812. The van der Waals surface area contributed by atoms with Crippen molar-refractivity contribution in [2.45, 2.75) is 79.1 Å². The first-order valence-corrected chi connectivity index (χ1v) is 9.97. The summed E-state index contributed by atoms with van der Waals surface area (Å²) in [7, 11) is -1.67. The lowest BCUT2D eigenvalue weighted by molar-refractivity contribution is 0.232. The third-order valence-corrected chi connectivity index (χ3v) is 8.36. The van der Waals surface area contributed by atoms with Gasteiger partial charge in [-0.1, -0.05) is 34.6 Å². The van der Waals surface area contributed by atoms with Gasteiger partial charge >= 0.3 is 0 Å². The van der Waals surface area contributed by atoms with Crippen LogP contribution in [0.5, 0.6) is 0 Å². The van der Waals surface area contributed by atoms with E-state index in [-0.39, 0.29) is 11.1 Å². The zero-order valence-corrected chi connectivity index (χ0v) is 14.8. The SMILES string of the molecule is CC(=C=CCC(C)C)[C@@H](C)O[Si](C)(C)C(C)(C)C. The van der Waals surface area contributed by atoms with Crippen LogP contribution < -0.4 is 0 Å². The van der Waals surface area contributed by atoms with Gasteiger partial charge in [-0.2, -0.15) is 0 Å². The summed E-state index contributed by atoms with van der Waals surface area (Å²) in [6.45, 7) is 20.1. The lowest BCUT2D eigenvalue weighted by atomic mass is 10.1. The fourth-order valence-corrected chi connectivity index (χ4v) is 2.69. The van der Waals surface area contributed by atoms with E-state index in [1.54, 1.807) is 0 Å². The van der Waals surface area contributed by atoms with Crippen molar-refractivity contribution in [1.29, 1.82) is 0 Å². The summed E-state index contributed by atoms with van der Waals surface area (Å²) in [6.07, 6.45) is 3.41. The first-order valence-electron chi connectivity index (χ1n) is 7.07. The molecule has 0 aliphatic heterocycles. The highest BCUT2D eigenvalue weighted by atomic mass is 28.4. The topological polar surface area (TPSA) is 9.23 Å². The van der Waals surface area contributed by atoms with Gasteiger partial charge in [0, 0.05) is 0 Å². The van der Waals surface area contributed by atoms with Crippen molar-refractivity contribution < 1.29 is 4.43 Å². The van der Waals surface area contributed by atoms with Gasteiger partial charge in [0.2, 0.25) is 0 Å². The Hall–Kier alpha value is -0.303. The van der Waals surface area contributed by atoms with Gasteiger partial charge in [0.1, 0.15) is 0 Å². The molecule has 0 radical (unpaired) electrons. The second kappa shape index (κ2) is 6.74. The molecule has 0 fully saturated rings. The van der Waals surface area contributed by atoms with E-state index in [0.717, 1.165) is 6.42 Å². The molecular weight excluding hydrogens is 236 g/mol. The minimum absolute atomic E-state index is 0.175. The van der Waals surface area contributed by atoms with Gasteiger partial charge in [-0.05, 0) is 56.0 Å². The summed E-state index contributed by atoms with van der Waals surface area (Å²) in [5, 5.41) is 0.267. The van der Waals surface area contributed by atoms with Crippen LogP contribution in [-0.4, -0.2) is 14.4 Å². The standard InChI is InChI=1S/C16H32OSi/c1-13(2)11-10-12-14(3)15(4)17-18(8,9)16(5,6)7/h10,13,15H,11H2,1-9H3/t12?,15-/m1/s1. The highest BCUT2D eigenvalue weighted by Crippen LogP contribution is 2.37. The van der Waals surface area contributed by atoms with Crippen LogP contribution in [-0.2, 0) is 4.43 Å². The lowest BCUT2D eigenvalue weighted by Crippen LogP contribution is -2.43. The Bertz CT molecular complexity index is 314. The largest absolute Gasteiger partial charge is 0.410 e. The quantitative estimate of drug-likeness (QED) is 0.469. The molecule has 0 heterocycles. The minimum Gasteiger partial charge on any atom is -0.410 e. The first kappa shape index (κ1) is 17.7. The highest BCUT2D eigenvalue weighted by molar-refractivity contribution is 6.74. The van der Waals surface area contributed by atoms with Crippen molar-refractivity contribution in [2.75, 3.05) is 0 Å². The summed E-state index contributed by atoms with van der Waals surface area (Å²) in [5.74, 6) is 0.696. The van der Waals surface area contributed by atoms with Gasteiger partial charge < -0.3 is 4.43 Å². The van der Waals surface area contributed by atoms with Crippen molar-refractivity contribution in [2.24, 2.45) is 5.92 Å². The molecule has 1 nitrogen and oxygen atoms in total. The number of hydrogen-bond donors (Lipinski definition) is 0. The fourth-order valence-electron chi connectivity index (χ4n) is 1.28. The number of rotatable bonds is 5. The van der Waals surface area contributed by atoms with E-state index >= 15 is 0 Å². The maximum atomic E-state index is 6.34. The van der Waals surface area contributed by atoms with Gasteiger partial charge in [0.05, 0.1) is 6.10 Å². The monoisotopic (exact) mass is 268 g/mol. The molecule has 0 N–H and O–H groups in total. The normalized spacial score (nSPS) is 14.3. The van der Waals surface area contributed by atoms with E-state index in [2.05, 4.69) is 73.4 Å². The summed E-state index contributed by atoms with van der Waals surface area (Å²) in [4.78, 5) is 0. The van der Waals surface area contributed by atoms with E-state index in [0.29, 0.717) is 5.92 Å². The Morgan fingerprint density at radius 1 is 1.22 bits per heavy atom. The minimum atomic E-state index is -1.67. The van der Waals surface area contributed by atoms with Gasteiger partial charge in [-0.15, -0.1) is 5.73 Å². The molecule has 0 aliphatic rings. The summed E-state index contributed by atoms with van der Waals surface area (Å²) >= 11 is 0. The zero-order valence-electron chi connectivity index (χ0n) is 13.8. The molecule has 0 spiro atoms. The van der Waals surface area contributed by atoms with Gasteiger partial charge in [-0.3, -0.25) is 0 Å². The molecule has 0 rings (SSSR count). The zero-order chi connectivity index (χ0) is 14.6. The molecule has 0 bridgehead atoms. The van der Waals surface area contributed by atoms with Crippen LogP contribution in [0.2, 0.25) is 18.1 Å². The Balaban J connectivity index is 4.68. The third-order valence-electron chi connectivity index (χ3n) is 3.81. The van der Waals surface area contributed by atoms with Crippen molar-refractivity contribution in [3.05, 3.63) is 17.4 Å². The Morgan fingerprint density at radius 3 is 2.11 bits per heavy atom. The lowest BCUT2D eigenvalue weighted by Gasteiger charge is -2.38. The molecule has 18 heavy (non-hydrogen) atoms. The summed E-state index contributed by atoms with van der Waals surface area (Å²) in [5.41, 5.74) is 4.59. The molecule has 0 unspecified atom stereocenters. The predicted molar refractivity (Wildman–Crippen MR) is 84.5 cm³/mol. The van der Waals surface area contributed by atoms with Crippen molar-refractivity contribution in [3.63, 3.8) is 0 Å². The molecule has 0 aromatic carbocycles. The molecular formula is C16H32OSi. The van der Waals surface area contributed by atoms with Gasteiger partial charge in [0.15, 0.2) is 8.32 Å². The average Bonchev–Trinajstić information content (AvgIpc) is 2.14. The van der Waals surface area contributed by atoms with Gasteiger partial charge in [-0.25, -0.2) is 0 Å². The first-order chi connectivity index (χ1) is 7.97. The van der Waals surface area contributed by atoms with E-state index < -0.39 is 8.32 Å². The van der Waals surface area contributed by atoms with Crippen LogP contribution >= 0.6 is 0 Å². The van der Waals surface area contributed by atoms with Gasteiger partial charge in [0.25, 0.3) is 0 Å². The van der Waals surface area contributed by atoms with Crippen LogP contribution in [0, 0.1) is 5.92 Å². The van der Waals surface area contributed by atoms with Crippen molar-refractivity contribution in [1.82, 2.24) is 0 Å². The van der Waals surface area contributed by atoms with Crippen molar-refractivity contribution >= 4 is 8.32 Å². The molecule has 0 aromatic rings. The molecule has 0 aliphatic carbocycles. The molecule has 0 amide bonds. The molecule has 2 heteroatoms. The van der Waals surface area contributed by atoms with Crippen LogP contribution in [0.3, 0.4) is 0 Å². The highest BCUT2D eigenvalue weighted by Gasteiger charge is 2.38. The average molecular weight is 269 g/mol. The Kier molecular flexibility index (Phi) is 6.63. The predicted octanol–water partition coefficient (Wildman–Crippen LogP) is 5.54. The third kappa shape index (κ3) is 6.04. The second-order valence-electron chi connectivity index (χ2n) is 7.18. The van der Waals surface area contributed by atoms with Crippen LogP contribution in [0.1, 0.15) is 54.9 Å². The Labute approximate surface area is 115 Å². The number of hydrogen-bond acceptors (Lipinski definition) is 1. The van der Waals surface area contributed by atoms with E-state index in [4.69, 9.17) is 4.43 Å². The second-order valence-corrected chi connectivity index (χ2v) is 11.9. The van der Waals surface area contributed by atoms with E-state index in [1.807, 2.05) is 0 Å². The molecule has 0 saturated heterocycles. The molecule has 1 atom stereocenters. The summed E-state index contributed by atoms with van der Waals surface area (Å²) in [6, 6.07) is 0. The molecule has 0 saturated carbocycles. The maximum absolute atomic E-state index is 6.34.